The number of piperazine rings is 1. The van der Waals surface area contributed by atoms with E-state index >= 15 is 0 Å². The number of carbonyl (C=O) groups excluding carboxylic acids is 2. The molecule has 0 aliphatic carbocycles. The van der Waals surface area contributed by atoms with E-state index in [-0.39, 0.29) is 11.8 Å². The van der Waals surface area contributed by atoms with Gasteiger partial charge in [-0.25, -0.2) is 9.97 Å². The third-order valence-corrected chi connectivity index (χ3v) is 6.79. The molecule has 0 saturated carbocycles. The number of carbonyl (C=O) groups is 2. The second-order valence-electron chi connectivity index (χ2n) is 9.60. The van der Waals surface area contributed by atoms with E-state index in [9.17, 15) is 9.59 Å². The molecule has 3 heterocycles. The molecule has 1 aliphatic heterocycles. The molecule has 0 bridgehead atoms. The summed E-state index contributed by atoms with van der Waals surface area (Å²) in [6.07, 6.45) is 5.19. The van der Waals surface area contributed by atoms with Crippen LogP contribution in [0.5, 0.6) is 0 Å². The Kier molecular flexibility index (Phi) is 7.88. The summed E-state index contributed by atoms with van der Waals surface area (Å²) < 4.78 is 0. The van der Waals surface area contributed by atoms with Gasteiger partial charge in [-0.15, -0.1) is 0 Å². The second-order valence-corrected chi connectivity index (χ2v) is 9.60. The summed E-state index contributed by atoms with van der Waals surface area (Å²) >= 11 is 0. The first-order chi connectivity index (χ1) is 18.9. The molecule has 0 atom stereocenters. The number of rotatable bonds is 7. The molecule has 2 aromatic heterocycles. The maximum Gasteiger partial charge on any atom is 0.255 e. The molecule has 1 aliphatic rings. The lowest BCUT2D eigenvalue weighted by molar-refractivity contribution is -0.130. The number of hydrogen-bond donors (Lipinski definition) is 2. The van der Waals surface area contributed by atoms with Gasteiger partial charge in [-0.3, -0.25) is 19.5 Å². The van der Waals surface area contributed by atoms with Crippen LogP contribution in [0.1, 0.15) is 28.4 Å². The van der Waals surface area contributed by atoms with Gasteiger partial charge in [-0.1, -0.05) is 18.2 Å². The first kappa shape index (κ1) is 26.0. The van der Waals surface area contributed by atoms with Crippen molar-refractivity contribution in [3.8, 4) is 11.3 Å². The standard InChI is InChI=1S/C30H31N7O2/c1-21-5-10-26(18-28(21)35-30-32-13-11-27(34-30)25-4-3-12-31-19-25)33-29(39)24-8-6-23(7-9-24)20-36-14-16-37(17-15-36)22(2)38/h3-13,18-19H,14-17,20H2,1-2H3,(H,33,39)(H,32,34,35). The highest BCUT2D eigenvalue weighted by Gasteiger charge is 2.18. The van der Waals surface area contributed by atoms with Crippen molar-refractivity contribution < 1.29 is 9.59 Å². The lowest BCUT2D eigenvalue weighted by atomic mass is 10.1. The molecule has 1 fully saturated rings. The Morgan fingerprint density at radius 3 is 2.46 bits per heavy atom. The quantitative estimate of drug-likeness (QED) is 0.369. The highest BCUT2D eigenvalue weighted by Crippen LogP contribution is 2.25. The summed E-state index contributed by atoms with van der Waals surface area (Å²) in [5, 5.41) is 6.26. The number of nitrogens with one attached hydrogen (secondary N) is 2. The van der Waals surface area contributed by atoms with Crippen molar-refractivity contribution in [1.29, 1.82) is 0 Å². The first-order valence-electron chi connectivity index (χ1n) is 12.9. The van der Waals surface area contributed by atoms with Gasteiger partial charge in [0.1, 0.15) is 0 Å². The molecule has 4 aromatic rings. The topological polar surface area (TPSA) is 103 Å². The molecule has 2 amide bonds. The van der Waals surface area contributed by atoms with Crippen LogP contribution in [0.4, 0.5) is 17.3 Å². The first-order valence-corrected chi connectivity index (χ1v) is 12.9. The SMILES string of the molecule is CC(=O)N1CCN(Cc2ccc(C(=O)Nc3ccc(C)c(Nc4nccc(-c5cccnc5)n4)c3)cc2)CC1. The number of benzene rings is 2. The normalized spacial score (nSPS) is 13.6. The van der Waals surface area contributed by atoms with Crippen molar-refractivity contribution >= 4 is 29.1 Å². The van der Waals surface area contributed by atoms with E-state index in [4.69, 9.17) is 0 Å². The van der Waals surface area contributed by atoms with Crippen LogP contribution in [0.2, 0.25) is 0 Å². The van der Waals surface area contributed by atoms with Gasteiger partial charge in [0.05, 0.1) is 5.69 Å². The Bertz CT molecular complexity index is 1450. The number of amides is 2. The van der Waals surface area contributed by atoms with Crippen molar-refractivity contribution in [2.75, 3.05) is 36.8 Å². The number of aromatic nitrogens is 3. The summed E-state index contributed by atoms with van der Waals surface area (Å²) in [5.74, 6) is 0.410. The van der Waals surface area contributed by atoms with Gasteiger partial charge < -0.3 is 15.5 Å². The van der Waals surface area contributed by atoms with E-state index in [1.807, 2.05) is 72.5 Å². The zero-order valence-electron chi connectivity index (χ0n) is 22.1. The summed E-state index contributed by atoms with van der Waals surface area (Å²) in [4.78, 5) is 41.8. The Hall–Kier alpha value is -4.63. The van der Waals surface area contributed by atoms with Crippen LogP contribution in [0.3, 0.4) is 0 Å². The van der Waals surface area contributed by atoms with E-state index in [2.05, 4.69) is 30.5 Å². The van der Waals surface area contributed by atoms with Gasteiger partial charge in [-0.05, 0) is 60.5 Å². The summed E-state index contributed by atoms with van der Waals surface area (Å²) in [6, 6.07) is 19.0. The third kappa shape index (κ3) is 6.63. The molecule has 198 valence electrons. The van der Waals surface area contributed by atoms with Crippen molar-refractivity contribution in [3.63, 3.8) is 0 Å². The molecule has 0 spiro atoms. The largest absolute Gasteiger partial charge is 0.340 e. The summed E-state index contributed by atoms with van der Waals surface area (Å²) in [5.41, 5.74) is 5.87. The van der Waals surface area contributed by atoms with Gasteiger partial charge in [0.2, 0.25) is 11.9 Å². The minimum absolute atomic E-state index is 0.129. The number of nitrogens with zero attached hydrogens (tertiary/aromatic N) is 5. The Morgan fingerprint density at radius 1 is 0.949 bits per heavy atom. The maximum atomic E-state index is 13.0. The van der Waals surface area contributed by atoms with Crippen molar-refractivity contribution in [3.05, 3.63) is 95.9 Å². The van der Waals surface area contributed by atoms with Crippen LogP contribution < -0.4 is 10.6 Å². The average molecular weight is 522 g/mol. The number of hydrogen-bond acceptors (Lipinski definition) is 7. The lowest BCUT2D eigenvalue weighted by Crippen LogP contribution is -2.47. The van der Waals surface area contributed by atoms with Crippen LogP contribution in [0, 0.1) is 6.92 Å². The maximum absolute atomic E-state index is 13.0. The molecular formula is C30H31N7O2. The van der Waals surface area contributed by atoms with Crippen LogP contribution in [0.15, 0.2) is 79.3 Å². The number of aryl methyl sites for hydroxylation is 1. The lowest BCUT2D eigenvalue weighted by Gasteiger charge is -2.34. The highest BCUT2D eigenvalue weighted by molar-refractivity contribution is 6.04. The molecule has 0 radical (unpaired) electrons. The van der Waals surface area contributed by atoms with Crippen LogP contribution >= 0.6 is 0 Å². The number of anilines is 3. The summed E-state index contributed by atoms with van der Waals surface area (Å²) in [6.45, 7) is 7.61. The Balaban J connectivity index is 1.21. The minimum atomic E-state index is -0.179. The van der Waals surface area contributed by atoms with Gasteiger partial charge >= 0.3 is 0 Å². The molecule has 2 N–H and O–H groups in total. The Morgan fingerprint density at radius 2 is 1.74 bits per heavy atom. The van der Waals surface area contributed by atoms with E-state index in [1.165, 1.54) is 0 Å². The van der Waals surface area contributed by atoms with Crippen molar-refractivity contribution in [1.82, 2.24) is 24.8 Å². The monoisotopic (exact) mass is 521 g/mol. The minimum Gasteiger partial charge on any atom is -0.340 e. The zero-order chi connectivity index (χ0) is 27.2. The van der Waals surface area contributed by atoms with Crippen molar-refractivity contribution in [2.45, 2.75) is 20.4 Å². The van der Waals surface area contributed by atoms with Gasteiger partial charge in [0, 0.05) is 80.7 Å². The van der Waals surface area contributed by atoms with E-state index in [0.29, 0.717) is 17.2 Å². The van der Waals surface area contributed by atoms with Gasteiger partial charge in [-0.2, -0.15) is 0 Å². The Labute approximate surface area is 227 Å². The fourth-order valence-electron chi connectivity index (χ4n) is 4.49. The smallest absolute Gasteiger partial charge is 0.255 e. The molecule has 39 heavy (non-hydrogen) atoms. The fraction of sp³-hybridized carbons (Fsp3) is 0.233. The van der Waals surface area contributed by atoms with E-state index in [0.717, 1.165) is 60.8 Å². The molecule has 1 saturated heterocycles. The average Bonchev–Trinajstić information content (AvgIpc) is 2.96. The van der Waals surface area contributed by atoms with Crippen LogP contribution in [0.25, 0.3) is 11.3 Å². The van der Waals surface area contributed by atoms with Crippen molar-refractivity contribution in [2.24, 2.45) is 0 Å². The zero-order valence-corrected chi connectivity index (χ0v) is 22.1. The van der Waals surface area contributed by atoms with Crippen LogP contribution in [-0.2, 0) is 11.3 Å². The second kappa shape index (κ2) is 11.8. The van der Waals surface area contributed by atoms with Gasteiger partial charge in [0.25, 0.3) is 5.91 Å². The predicted molar refractivity (Wildman–Crippen MR) is 152 cm³/mol. The van der Waals surface area contributed by atoms with E-state index < -0.39 is 0 Å². The predicted octanol–water partition coefficient (Wildman–Crippen LogP) is 4.51. The van der Waals surface area contributed by atoms with Gasteiger partial charge in [0.15, 0.2) is 0 Å². The van der Waals surface area contributed by atoms with Crippen LogP contribution in [-0.4, -0.2) is 62.7 Å². The molecule has 2 aromatic carbocycles. The summed E-state index contributed by atoms with van der Waals surface area (Å²) in [7, 11) is 0. The highest BCUT2D eigenvalue weighted by atomic mass is 16.2. The molecule has 0 unspecified atom stereocenters. The molecular weight excluding hydrogens is 490 g/mol. The fourth-order valence-corrected chi connectivity index (χ4v) is 4.49. The molecule has 5 rings (SSSR count). The van der Waals surface area contributed by atoms with E-state index in [1.54, 1.807) is 25.5 Å². The molecule has 9 nitrogen and oxygen atoms in total. The number of pyridine rings is 1. The molecule has 9 heteroatoms. The third-order valence-electron chi connectivity index (χ3n) is 6.79.